The maximum absolute atomic E-state index is 4.65. The topological polar surface area (TPSA) is 53.6 Å². The van der Waals surface area contributed by atoms with Crippen molar-refractivity contribution in [1.82, 2.24) is 20.3 Å². The van der Waals surface area contributed by atoms with Gasteiger partial charge in [0.25, 0.3) is 0 Å². The Balaban J connectivity index is 1.74. The minimum atomic E-state index is 0.727. The van der Waals surface area contributed by atoms with Crippen molar-refractivity contribution in [3.63, 3.8) is 0 Å². The lowest BCUT2D eigenvalue weighted by Crippen LogP contribution is -2.29. The second-order valence-electron chi connectivity index (χ2n) is 4.84. The number of aromatic nitrogens is 3. The quantitative estimate of drug-likeness (QED) is 0.865. The molecule has 2 aromatic heterocycles. The van der Waals surface area contributed by atoms with E-state index in [2.05, 4.69) is 20.3 Å². The lowest BCUT2D eigenvalue weighted by atomic mass is 9.94. The smallest absolute Gasteiger partial charge is 0.129 e. The van der Waals surface area contributed by atoms with Gasteiger partial charge in [0.05, 0.1) is 11.4 Å². The van der Waals surface area contributed by atoms with Crippen LogP contribution in [0.1, 0.15) is 18.7 Å². The van der Waals surface area contributed by atoms with Crippen molar-refractivity contribution in [2.75, 3.05) is 13.1 Å². The molecule has 1 saturated heterocycles. The number of rotatable bonds is 3. The summed E-state index contributed by atoms with van der Waals surface area (Å²) in [5.74, 6) is 1.69. The van der Waals surface area contributed by atoms with E-state index in [1.807, 2.05) is 30.6 Å². The molecule has 2 aromatic rings. The Kier molecular flexibility index (Phi) is 3.37. The molecule has 0 atom stereocenters. The van der Waals surface area contributed by atoms with Crippen LogP contribution in [0.4, 0.5) is 0 Å². The second kappa shape index (κ2) is 5.31. The van der Waals surface area contributed by atoms with Gasteiger partial charge in [0, 0.05) is 18.8 Å². The average Bonchev–Trinajstić information content (AvgIpc) is 2.94. The first-order chi connectivity index (χ1) is 8.92. The predicted octanol–water partition coefficient (Wildman–Crippen LogP) is 2.01. The van der Waals surface area contributed by atoms with Gasteiger partial charge in [-0.1, -0.05) is 0 Å². The molecule has 1 fully saturated rings. The largest absolute Gasteiger partial charge is 0.360 e. The van der Waals surface area contributed by atoms with Gasteiger partial charge in [-0.25, -0.2) is 9.97 Å². The van der Waals surface area contributed by atoms with Gasteiger partial charge in [-0.2, -0.15) is 0 Å². The van der Waals surface area contributed by atoms with Gasteiger partial charge in [-0.3, -0.25) is 0 Å². The molecule has 0 bridgehead atoms. The van der Waals surface area contributed by atoms with Crippen molar-refractivity contribution >= 4 is 0 Å². The van der Waals surface area contributed by atoms with Crippen LogP contribution in [0.3, 0.4) is 0 Å². The Morgan fingerprint density at radius 1 is 1.22 bits per heavy atom. The van der Waals surface area contributed by atoms with Gasteiger partial charge in [-0.15, -0.1) is 0 Å². The predicted molar refractivity (Wildman–Crippen MR) is 71.1 cm³/mol. The summed E-state index contributed by atoms with van der Waals surface area (Å²) in [6, 6.07) is 5.98. The Morgan fingerprint density at radius 2 is 2.11 bits per heavy atom. The van der Waals surface area contributed by atoms with E-state index in [0.717, 1.165) is 42.6 Å². The van der Waals surface area contributed by atoms with Crippen LogP contribution < -0.4 is 5.32 Å². The molecule has 0 unspecified atom stereocenters. The molecule has 0 aliphatic carbocycles. The number of nitrogens with one attached hydrogen (secondary N) is 2. The lowest BCUT2D eigenvalue weighted by Gasteiger charge is -2.21. The number of hydrogen-bond acceptors (Lipinski definition) is 3. The Morgan fingerprint density at radius 3 is 2.89 bits per heavy atom. The van der Waals surface area contributed by atoms with Crippen LogP contribution in [0.15, 0.2) is 30.6 Å². The number of hydrogen-bond donors (Lipinski definition) is 2. The van der Waals surface area contributed by atoms with E-state index in [1.54, 1.807) is 0 Å². The van der Waals surface area contributed by atoms with E-state index in [-0.39, 0.29) is 0 Å². The van der Waals surface area contributed by atoms with Crippen molar-refractivity contribution in [3.05, 3.63) is 36.4 Å². The number of aromatic amines is 1. The summed E-state index contributed by atoms with van der Waals surface area (Å²) in [5.41, 5.74) is 2.04. The van der Waals surface area contributed by atoms with Crippen molar-refractivity contribution < 1.29 is 0 Å². The summed E-state index contributed by atoms with van der Waals surface area (Å²) in [4.78, 5) is 12.2. The summed E-state index contributed by atoms with van der Waals surface area (Å²) in [5, 5.41) is 3.39. The molecule has 0 amide bonds. The minimum Gasteiger partial charge on any atom is -0.360 e. The first kappa shape index (κ1) is 11.4. The van der Waals surface area contributed by atoms with E-state index < -0.39 is 0 Å². The van der Waals surface area contributed by atoms with E-state index in [1.165, 1.54) is 12.8 Å². The van der Waals surface area contributed by atoms with Crippen molar-refractivity contribution in [2.45, 2.75) is 19.3 Å². The molecule has 0 radical (unpaired) electrons. The van der Waals surface area contributed by atoms with Crippen LogP contribution >= 0.6 is 0 Å². The minimum absolute atomic E-state index is 0.727. The highest BCUT2D eigenvalue weighted by Gasteiger charge is 2.15. The van der Waals surface area contributed by atoms with Gasteiger partial charge in [-0.05, 0) is 50.0 Å². The molecule has 4 nitrogen and oxygen atoms in total. The standard InChI is InChI=1S/C14H18N4/c1-2-12(16-6-1)13-5-9-17-14(18-13)10-11-3-7-15-8-4-11/h1-2,5-6,9,11,15-16H,3-4,7-8,10H2. The monoisotopic (exact) mass is 242 g/mol. The van der Waals surface area contributed by atoms with E-state index in [0.29, 0.717) is 0 Å². The van der Waals surface area contributed by atoms with E-state index >= 15 is 0 Å². The highest BCUT2D eigenvalue weighted by Crippen LogP contribution is 2.18. The fraction of sp³-hybridized carbons (Fsp3) is 0.429. The van der Waals surface area contributed by atoms with Gasteiger partial charge < -0.3 is 10.3 Å². The zero-order valence-corrected chi connectivity index (χ0v) is 10.4. The Hall–Kier alpha value is -1.68. The van der Waals surface area contributed by atoms with Crippen molar-refractivity contribution in [2.24, 2.45) is 5.92 Å². The molecule has 0 spiro atoms. The lowest BCUT2D eigenvalue weighted by molar-refractivity contribution is 0.367. The maximum Gasteiger partial charge on any atom is 0.129 e. The third-order valence-electron chi connectivity index (χ3n) is 3.51. The van der Waals surface area contributed by atoms with Crippen LogP contribution in [0.25, 0.3) is 11.4 Å². The molecular weight excluding hydrogens is 224 g/mol. The summed E-state index contributed by atoms with van der Waals surface area (Å²) in [7, 11) is 0. The Labute approximate surface area is 107 Å². The summed E-state index contributed by atoms with van der Waals surface area (Å²) in [6.07, 6.45) is 7.24. The molecule has 3 rings (SSSR count). The third kappa shape index (κ3) is 2.59. The molecule has 94 valence electrons. The average molecular weight is 242 g/mol. The normalized spacial score (nSPS) is 16.9. The number of nitrogens with zero attached hydrogens (tertiary/aromatic N) is 2. The molecule has 2 N–H and O–H groups in total. The van der Waals surface area contributed by atoms with E-state index in [9.17, 15) is 0 Å². The zero-order valence-electron chi connectivity index (χ0n) is 10.4. The fourth-order valence-electron chi connectivity index (χ4n) is 2.48. The van der Waals surface area contributed by atoms with Crippen molar-refractivity contribution in [3.8, 4) is 11.4 Å². The highest BCUT2D eigenvalue weighted by molar-refractivity contribution is 5.53. The first-order valence-electron chi connectivity index (χ1n) is 6.58. The second-order valence-corrected chi connectivity index (χ2v) is 4.84. The van der Waals surface area contributed by atoms with Crippen LogP contribution in [0, 0.1) is 5.92 Å². The highest BCUT2D eigenvalue weighted by atomic mass is 14.9. The van der Waals surface area contributed by atoms with Gasteiger partial charge in [0.15, 0.2) is 0 Å². The summed E-state index contributed by atoms with van der Waals surface area (Å²) >= 11 is 0. The summed E-state index contributed by atoms with van der Waals surface area (Å²) in [6.45, 7) is 2.25. The number of H-pyrrole nitrogens is 1. The molecular formula is C14H18N4. The molecule has 4 heteroatoms. The molecule has 3 heterocycles. The number of piperidine rings is 1. The third-order valence-corrected chi connectivity index (χ3v) is 3.51. The maximum atomic E-state index is 4.65. The molecule has 18 heavy (non-hydrogen) atoms. The summed E-state index contributed by atoms with van der Waals surface area (Å²) < 4.78 is 0. The molecule has 1 aliphatic rings. The fourth-order valence-corrected chi connectivity index (χ4v) is 2.48. The van der Waals surface area contributed by atoms with Crippen LogP contribution in [0.5, 0.6) is 0 Å². The SMILES string of the molecule is c1c[nH]c(-c2ccnc(CC3CCNCC3)n2)c1. The van der Waals surface area contributed by atoms with E-state index in [4.69, 9.17) is 0 Å². The van der Waals surface area contributed by atoms with Gasteiger partial charge >= 0.3 is 0 Å². The Bertz CT molecular complexity index is 486. The first-order valence-corrected chi connectivity index (χ1v) is 6.58. The zero-order chi connectivity index (χ0) is 12.2. The van der Waals surface area contributed by atoms with Crippen LogP contribution in [-0.4, -0.2) is 28.0 Å². The van der Waals surface area contributed by atoms with Crippen LogP contribution in [0.2, 0.25) is 0 Å². The van der Waals surface area contributed by atoms with Crippen LogP contribution in [-0.2, 0) is 6.42 Å². The van der Waals surface area contributed by atoms with Gasteiger partial charge in [0.1, 0.15) is 5.82 Å². The molecule has 0 saturated carbocycles. The van der Waals surface area contributed by atoms with Gasteiger partial charge in [0.2, 0.25) is 0 Å². The molecule has 1 aliphatic heterocycles. The van der Waals surface area contributed by atoms with Crippen molar-refractivity contribution in [1.29, 1.82) is 0 Å². The molecule has 0 aromatic carbocycles.